The van der Waals surface area contributed by atoms with E-state index in [1.165, 1.54) is 6.26 Å². The van der Waals surface area contributed by atoms with Crippen LogP contribution in [0.5, 0.6) is 0 Å². The number of nitrogens with zero attached hydrogens (tertiary/aromatic N) is 5. The lowest BCUT2D eigenvalue weighted by atomic mass is 10.1. The Kier molecular flexibility index (Phi) is 7.88. The molecule has 8 nitrogen and oxygen atoms in total. The van der Waals surface area contributed by atoms with Crippen molar-refractivity contribution in [2.24, 2.45) is 0 Å². The number of halogens is 1. The van der Waals surface area contributed by atoms with Gasteiger partial charge in [-0.15, -0.1) is 0 Å². The fourth-order valence-corrected chi connectivity index (χ4v) is 5.46. The summed E-state index contributed by atoms with van der Waals surface area (Å²) in [7, 11) is -3.14. The summed E-state index contributed by atoms with van der Waals surface area (Å²) in [5.41, 5.74) is 3.42. The predicted octanol–water partition coefficient (Wildman–Crippen LogP) is 3.06. The normalized spacial score (nSPS) is 16.9. The zero-order valence-electron chi connectivity index (χ0n) is 19.3. The maximum Gasteiger partial charge on any atom is 0.241 e. The molecule has 3 aromatic rings. The molecule has 1 aromatic heterocycles. The molecular weight excluding hydrogens is 577 g/mol. The predicted molar refractivity (Wildman–Crippen MR) is 143 cm³/mol. The lowest BCUT2D eigenvalue weighted by Crippen LogP contribution is -2.56. The van der Waals surface area contributed by atoms with E-state index < -0.39 is 9.84 Å². The van der Waals surface area contributed by atoms with Crippen molar-refractivity contribution in [3.63, 3.8) is 0 Å². The first-order valence-corrected chi connectivity index (χ1v) is 14.3. The molecule has 2 aromatic carbocycles. The van der Waals surface area contributed by atoms with E-state index in [1.807, 2.05) is 41.0 Å². The van der Waals surface area contributed by atoms with Crippen LogP contribution in [0.1, 0.15) is 23.2 Å². The number of benzene rings is 2. The van der Waals surface area contributed by atoms with Gasteiger partial charge in [-0.1, -0.05) is 18.2 Å². The van der Waals surface area contributed by atoms with Crippen molar-refractivity contribution in [1.29, 1.82) is 5.26 Å². The zero-order valence-corrected chi connectivity index (χ0v) is 22.3. The molecule has 1 aliphatic heterocycles. The van der Waals surface area contributed by atoms with Crippen molar-refractivity contribution < 1.29 is 13.2 Å². The van der Waals surface area contributed by atoms with Gasteiger partial charge in [0.05, 0.1) is 36.0 Å². The second kappa shape index (κ2) is 10.9. The third kappa shape index (κ3) is 6.68. The Hall–Kier alpha value is -2.75. The van der Waals surface area contributed by atoms with Gasteiger partial charge in [0.1, 0.15) is 9.84 Å². The Morgan fingerprint density at radius 1 is 1.17 bits per heavy atom. The van der Waals surface area contributed by atoms with Gasteiger partial charge in [-0.25, -0.2) is 13.4 Å². The number of rotatable bonds is 8. The standard InChI is InChI=1S/C25H26IN5O3S/c1-35(33,34)10-9-23-16-31(22-4-2-3-21(26)11-22)25(32)17-29(23)15-24-13-28-18-30(24)14-20-7-5-19(12-27)6-8-20/h2-8,11,13,18,23H,9-10,14-17H2,1H3/t23-/m0/s1. The van der Waals surface area contributed by atoms with E-state index in [4.69, 9.17) is 5.26 Å². The minimum absolute atomic E-state index is 0.0132. The Labute approximate surface area is 219 Å². The molecule has 182 valence electrons. The van der Waals surface area contributed by atoms with Crippen LogP contribution in [0.3, 0.4) is 0 Å². The van der Waals surface area contributed by atoms with E-state index in [2.05, 4.69) is 38.5 Å². The summed E-state index contributed by atoms with van der Waals surface area (Å²) >= 11 is 2.22. The van der Waals surface area contributed by atoms with Crippen LogP contribution < -0.4 is 4.90 Å². The van der Waals surface area contributed by atoms with Crippen molar-refractivity contribution in [2.75, 3.05) is 30.0 Å². The summed E-state index contributed by atoms with van der Waals surface area (Å²) in [6, 6.07) is 17.2. The number of hydrogen-bond acceptors (Lipinski definition) is 6. The lowest BCUT2D eigenvalue weighted by molar-refractivity contribution is -0.122. The molecule has 0 spiro atoms. The van der Waals surface area contributed by atoms with E-state index in [-0.39, 0.29) is 24.2 Å². The summed E-state index contributed by atoms with van der Waals surface area (Å²) in [4.78, 5) is 21.3. The van der Waals surface area contributed by atoms with Gasteiger partial charge in [-0.3, -0.25) is 9.69 Å². The summed E-state index contributed by atoms with van der Waals surface area (Å²) in [5.74, 6) is 0.0493. The summed E-state index contributed by atoms with van der Waals surface area (Å²) in [6.07, 6.45) is 5.22. The van der Waals surface area contributed by atoms with Crippen LogP contribution >= 0.6 is 22.6 Å². The van der Waals surface area contributed by atoms with Crippen molar-refractivity contribution in [1.82, 2.24) is 14.5 Å². The third-order valence-electron chi connectivity index (χ3n) is 6.09. The summed E-state index contributed by atoms with van der Waals surface area (Å²) < 4.78 is 26.9. The molecule has 1 fully saturated rings. The molecule has 2 heterocycles. The average molecular weight is 603 g/mol. The SMILES string of the molecule is CS(=O)(=O)CC[C@H]1CN(c2cccc(I)c2)C(=O)CN1Cc1cncn1Cc1ccc(C#N)cc1. The molecule has 1 atom stereocenters. The first-order valence-electron chi connectivity index (χ1n) is 11.2. The molecule has 4 rings (SSSR count). The smallest absolute Gasteiger partial charge is 0.241 e. The molecule has 1 saturated heterocycles. The number of hydrogen-bond donors (Lipinski definition) is 0. The third-order valence-corrected chi connectivity index (χ3v) is 7.74. The minimum atomic E-state index is -3.14. The maximum atomic E-state index is 13.1. The molecule has 35 heavy (non-hydrogen) atoms. The van der Waals surface area contributed by atoms with Crippen LogP contribution in [-0.4, -0.2) is 59.9 Å². The topological polar surface area (TPSA) is 99.3 Å². The lowest BCUT2D eigenvalue weighted by Gasteiger charge is -2.41. The quantitative estimate of drug-likeness (QED) is 0.367. The van der Waals surface area contributed by atoms with Crippen molar-refractivity contribution in [3.8, 4) is 6.07 Å². The highest BCUT2D eigenvalue weighted by molar-refractivity contribution is 14.1. The van der Waals surface area contributed by atoms with E-state index in [0.29, 0.717) is 31.6 Å². The van der Waals surface area contributed by atoms with Gasteiger partial charge >= 0.3 is 0 Å². The van der Waals surface area contributed by atoms with E-state index >= 15 is 0 Å². The summed E-state index contributed by atoms with van der Waals surface area (Å²) in [6.45, 7) is 1.70. The monoisotopic (exact) mass is 603 g/mol. The number of piperazine rings is 1. The number of aromatic nitrogens is 2. The Bertz CT molecular complexity index is 1350. The Morgan fingerprint density at radius 3 is 2.63 bits per heavy atom. The van der Waals surface area contributed by atoms with Gasteiger partial charge < -0.3 is 9.47 Å². The second-order valence-electron chi connectivity index (χ2n) is 8.78. The Morgan fingerprint density at radius 2 is 1.94 bits per heavy atom. The van der Waals surface area contributed by atoms with Crippen LogP contribution in [0, 0.1) is 14.9 Å². The molecule has 10 heteroatoms. The summed E-state index contributed by atoms with van der Waals surface area (Å²) in [5, 5.41) is 9.02. The fraction of sp³-hybridized carbons (Fsp3) is 0.320. The van der Waals surface area contributed by atoms with E-state index in [1.54, 1.807) is 29.6 Å². The van der Waals surface area contributed by atoms with Crippen molar-refractivity contribution in [2.45, 2.75) is 25.6 Å². The first kappa shape index (κ1) is 25.3. The molecule has 1 amide bonds. The molecule has 0 saturated carbocycles. The molecule has 1 aliphatic rings. The molecule has 0 N–H and O–H groups in total. The first-order chi connectivity index (χ1) is 16.7. The van der Waals surface area contributed by atoms with Gasteiger partial charge in [-0.2, -0.15) is 5.26 Å². The van der Waals surface area contributed by atoms with Gasteiger partial charge in [0.15, 0.2) is 0 Å². The highest BCUT2D eigenvalue weighted by atomic mass is 127. The zero-order chi connectivity index (χ0) is 25.0. The largest absolute Gasteiger partial charge is 0.329 e. The molecule has 0 radical (unpaired) electrons. The van der Waals surface area contributed by atoms with Gasteiger partial charge in [0.25, 0.3) is 0 Å². The number of imidazole rings is 1. The fourth-order valence-electron chi connectivity index (χ4n) is 4.23. The Balaban J connectivity index is 1.54. The van der Waals surface area contributed by atoms with Crippen LogP contribution in [0.25, 0.3) is 0 Å². The molecule has 0 unspecified atom stereocenters. The van der Waals surface area contributed by atoms with Gasteiger partial charge in [0.2, 0.25) is 5.91 Å². The van der Waals surface area contributed by atoms with Crippen LogP contribution in [0.2, 0.25) is 0 Å². The number of anilines is 1. The van der Waals surface area contributed by atoms with Crippen LogP contribution in [0.4, 0.5) is 5.69 Å². The van der Waals surface area contributed by atoms with Gasteiger partial charge in [0, 0.05) is 47.4 Å². The van der Waals surface area contributed by atoms with E-state index in [9.17, 15) is 13.2 Å². The highest BCUT2D eigenvalue weighted by Crippen LogP contribution is 2.25. The van der Waals surface area contributed by atoms with Crippen LogP contribution in [0.15, 0.2) is 61.1 Å². The second-order valence-corrected chi connectivity index (χ2v) is 12.3. The van der Waals surface area contributed by atoms with Crippen molar-refractivity contribution >= 4 is 44.0 Å². The van der Waals surface area contributed by atoms with Crippen LogP contribution in [-0.2, 0) is 27.7 Å². The number of sulfone groups is 1. The number of carbonyl (C=O) groups excluding carboxylic acids is 1. The molecule has 0 bridgehead atoms. The number of carbonyl (C=O) groups is 1. The highest BCUT2D eigenvalue weighted by Gasteiger charge is 2.33. The maximum absolute atomic E-state index is 13.1. The minimum Gasteiger partial charge on any atom is -0.329 e. The molecular formula is C25H26IN5O3S. The van der Waals surface area contributed by atoms with E-state index in [0.717, 1.165) is 20.5 Å². The number of nitriles is 1. The molecule has 0 aliphatic carbocycles. The average Bonchev–Trinajstić information content (AvgIpc) is 3.25. The van der Waals surface area contributed by atoms with Crippen molar-refractivity contribution in [3.05, 3.63) is 81.4 Å². The van der Waals surface area contributed by atoms with Gasteiger partial charge in [-0.05, 0) is 64.9 Å². The number of amides is 1.